The van der Waals surface area contributed by atoms with Crippen LogP contribution in [0.15, 0.2) is 23.1 Å². The maximum absolute atomic E-state index is 13.6. The molecule has 4 N–H and O–H groups in total. The number of aryl methyl sites for hydroxylation is 2. The second kappa shape index (κ2) is 6.86. The molecule has 0 bridgehead atoms. The van der Waals surface area contributed by atoms with E-state index in [2.05, 4.69) is 14.8 Å². The molecule has 9 heteroatoms. The average Bonchev–Trinajstić information content (AvgIpc) is 3.39. The summed E-state index contributed by atoms with van der Waals surface area (Å²) in [4.78, 5) is 30.3. The standard InChI is InChI=1S/C22H26N4O4S/c1-22(2,29)12-9-10-15-18(11-12)31(30,25-20(15)27)26-21(28)24-19-13-5-3-7-16(13)23-17-8-4-6-14(17)19/h9-11,29,31H,3-8H2,1-2H3,(H3,23,24,25,26,27,28,30). The van der Waals surface area contributed by atoms with Gasteiger partial charge in [0, 0.05) is 11.4 Å². The molecule has 0 fully saturated rings. The van der Waals surface area contributed by atoms with E-state index >= 15 is 0 Å². The van der Waals surface area contributed by atoms with Crippen molar-refractivity contribution in [3.63, 3.8) is 0 Å². The number of fused-ring (bicyclic) bond motifs is 3. The lowest BCUT2D eigenvalue weighted by molar-refractivity contribution is 0.0782. The van der Waals surface area contributed by atoms with Crippen LogP contribution in [0.25, 0.3) is 0 Å². The summed E-state index contributed by atoms with van der Waals surface area (Å²) in [5.41, 5.74) is 4.57. The van der Waals surface area contributed by atoms with Gasteiger partial charge in [-0.15, -0.1) is 0 Å². The molecular formula is C22H26N4O4S. The van der Waals surface area contributed by atoms with Crippen molar-refractivity contribution in [2.45, 2.75) is 62.9 Å². The normalized spacial score (nSPS) is 19.3. The minimum Gasteiger partial charge on any atom is -0.386 e. The number of thiol groups is 1. The van der Waals surface area contributed by atoms with Gasteiger partial charge in [-0.1, -0.05) is 6.07 Å². The highest BCUT2D eigenvalue weighted by atomic mass is 32.3. The molecule has 31 heavy (non-hydrogen) atoms. The van der Waals surface area contributed by atoms with E-state index in [0.717, 1.165) is 66.7 Å². The third-order valence-electron chi connectivity index (χ3n) is 6.30. The molecule has 1 aromatic heterocycles. The van der Waals surface area contributed by atoms with Gasteiger partial charge in [0.1, 0.15) is 0 Å². The zero-order valence-electron chi connectivity index (χ0n) is 17.5. The first-order valence-electron chi connectivity index (χ1n) is 10.6. The number of nitrogens with zero attached hydrogens (tertiary/aromatic N) is 1. The van der Waals surface area contributed by atoms with Crippen LogP contribution in [-0.2, 0) is 41.6 Å². The lowest BCUT2D eigenvalue weighted by Gasteiger charge is -2.24. The van der Waals surface area contributed by atoms with E-state index in [-0.39, 0.29) is 10.5 Å². The highest BCUT2D eigenvalue weighted by Crippen LogP contribution is 2.37. The number of carbonyl (C=O) groups excluding carboxylic acids is 2. The Hall–Kier alpha value is -2.78. The number of pyridine rings is 1. The van der Waals surface area contributed by atoms with Crippen LogP contribution in [0.3, 0.4) is 0 Å². The van der Waals surface area contributed by atoms with E-state index in [9.17, 15) is 18.9 Å². The van der Waals surface area contributed by atoms with Crippen LogP contribution in [0.1, 0.15) is 65.1 Å². The van der Waals surface area contributed by atoms with E-state index < -0.39 is 27.8 Å². The van der Waals surface area contributed by atoms with Gasteiger partial charge in [0.25, 0.3) is 5.91 Å². The number of hydrogen-bond donors (Lipinski definition) is 5. The van der Waals surface area contributed by atoms with Gasteiger partial charge in [0.15, 0.2) is 0 Å². The highest BCUT2D eigenvalue weighted by molar-refractivity contribution is 8.01. The second-order valence-electron chi connectivity index (χ2n) is 8.95. The molecule has 1 aromatic carbocycles. The molecule has 3 aliphatic rings. The van der Waals surface area contributed by atoms with Gasteiger partial charge in [-0.25, -0.2) is 9.00 Å². The van der Waals surface area contributed by atoms with Crippen molar-refractivity contribution in [2.24, 2.45) is 0 Å². The number of aliphatic hydroxyl groups is 1. The van der Waals surface area contributed by atoms with Crippen LogP contribution in [0.5, 0.6) is 0 Å². The van der Waals surface area contributed by atoms with E-state index in [1.165, 1.54) is 12.1 Å². The van der Waals surface area contributed by atoms with Gasteiger partial charge >= 0.3 is 6.03 Å². The fraction of sp³-hybridized carbons (Fsp3) is 0.409. The molecule has 2 aliphatic carbocycles. The fourth-order valence-electron chi connectivity index (χ4n) is 4.74. The summed E-state index contributed by atoms with van der Waals surface area (Å²) in [6.07, 6.45) is 5.53. The third kappa shape index (κ3) is 3.32. The summed E-state index contributed by atoms with van der Waals surface area (Å²) >= 11 is 0. The first-order chi connectivity index (χ1) is 14.7. The van der Waals surface area contributed by atoms with Crippen LogP contribution in [0.2, 0.25) is 0 Å². The first kappa shape index (κ1) is 20.1. The molecule has 0 saturated heterocycles. The zero-order valence-corrected chi connectivity index (χ0v) is 18.4. The number of rotatable bonds is 3. The molecule has 1 aliphatic heterocycles. The molecular weight excluding hydrogens is 416 g/mol. The van der Waals surface area contributed by atoms with Crippen LogP contribution in [0, 0.1) is 0 Å². The molecule has 8 nitrogen and oxygen atoms in total. The van der Waals surface area contributed by atoms with Gasteiger partial charge in [-0.05, 0) is 81.2 Å². The molecule has 2 heterocycles. The average molecular weight is 443 g/mol. The first-order valence-corrected chi connectivity index (χ1v) is 12.3. The van der Waals surface area contributed by atoms with Crippen molar-refractivity contribution >= 4 is 27.9 Å². The Morgan fingerprint density at radius 3 is 2.39 bits per heavy atom. The van der Waals surface area contributed by atoms with Crippen LogP contribution < -0.4 is 14.8 Å². The summed E-state index contributed by atoms with van der Waals surface area (Å²) in [6, 6.07) is 4.05. The predicted octanol–water partition coefficient (Wildman–Crippen LogP) is 2.06. The van der Waals surface area contributed by atoms with Crippen molar-refractivity contribution in [1.82, 2.24) is 14.4 Å². The van der Waals surface area contributed by atoms with Crippen LogP contribution in [0.4, 0.5) is 10.5 Å². The molecule has 3 amide bonds. The van der Waals surface area contributed by atoms with Gasteiger partial charge in [0.2, 0.25) is 0 Å². The second-order valence-corrected chi connectivity index (χ2v) is 11.1. The Morgan fingerprint density at radius 1 is 1.13 bits per heavy atom. The quantitative estimate of drug-likeness (QED) is 0.466. The molecule has 5 rings (SSSR count). The summed E-state index contributed by atoms with van der Waals surface area (Å²) in [5, 5.41) is 13.2. The van der Waals surface area contributed by atoms with Crippen molar-refractivity contribution in [3.05, 3.63) is 51.8 Å². The van der Waals surface area contributed by atoms with E-state index in [1.807, 2.05) is 0 Å². The molecule has 164 valence electrons. The number of amides is 3. The number of urea groups is 1. The molecule has 0 atom stereocenters. The van der Waals surface area contributed by atoms with E-state index in [0.29, 0.717) is 5.56 Å². The summed E-state index contributed by atoms with van der Waals surface area (Å²) in [7, 11) is -3.73. The molecule has 0 saturated carbocycles. The van der Waals surface area contributed by atoms with E-state index in [1.54, 1.807) is 19.9 Å². The summed E-state index contributed by atoms with van der Waals surface area (Å²) < 4.78 is 18.6. The lowest BCUT2D eigenvalue weighted by atomic mass is 9.97. The maximum atomic E-state index is 13.6. The Bertz CT molecular complexity index is 1150. The lowest BCUT2D eigenvalue weighted by Crippen LogP contribution is -2.46. The number of nitrogens with one attached hydrogen (secondary N) is 3. The van der Waals surface area contributed by atoms with E-state index in [4.69, 9.17) is 4.98 Å². The SMILES string of the molecule is CC(C)(O)c1ccc2c(c1)[SH](=O)(NC(=O)Nc1c3c(nc4c1CCC4)CCC3)NC2=O. The zero-order chi connectivity index (χ0) is 22.0. The Labute approximate surface area is 181 Å². The topological polar surface area (TPSA) is 120 Å². The minimum absolute atomic E-state index is 0.206. The Balaban J connectivity index is 1.46. The third-order valence-corrected chi connectivity index (χ3v) is 8.38. The van der Waals surface area contributed by atoms with Gasteiger partial charge < -0.3 is 10.4 Å². The minimum atomic E-state index is -3.73. The molecule has 0 radical (unpaired) electrons. The van der Waals surface area contributed by atoms with Crippen molar-refractivity contribution in [1.29, 1.82) is 0 Å². The number of benzene rings is 1. The van der Waals surface area contributed by atoms with Gasteiger partial charge in [-0.2, -0.15) is 0 Å². The number of hydrogen-bond acceptors (Lipinski definition) is 5. The van der Waals surface area contributed by atoms with Crippen molar-refractivity contribution in [3.8, 4) is 0 Å². The van der Waals surface area contributed by atoms with Gasteiger partial charge in [-0.3, -0.25) is 19.2 Å². The Kier molecular flexibility index (Phi) is 4.46. The Morgan fingerprint density at radius 2 is 1.77 bits per heavy atom. The van der Waals surface area contributed by atoms with Gasteiger partial charge in [0.05, 0.1) is 32.1 Å². The molecule has 0 spiro atoms. The number of anilines is 1. The van der Waals surface area contributed by atoms with Crippen LogP contribution in [-0.4, -0.2) is 26.2 Å². The number of aromatic nitrogens is 1. The van der Waals surface area contributed by atoms with Crippen molar-refractivity contribution in [2.75, 3.05) is 5.32 Å². The number of carbonyl (C=O) groups is 2. The summed E-state index contributed by atoms with van der Waals surface area (Å²) in [5.74, 6) is -0.508. The molecule has 2 aromatic rings. The fourth-order valence-corrected chi connectivity index (χ4v) is 6.62. The largest absolute Gasteiger partial charge is 0.386 e. The molecule has 0 unspecified atom stereocenters. The monoisotopic (exact) mass is 442 g/mol. The maximum Gasteiger partial charge on any atom is 0.331 e. The smallest absolute Gasteiger partial charge is 0.331 e. The predicted molar refractivity (Wildman–Crippen MR) is 117 cm³/mol. The highest BCUT2D eigenvalue weighted by Gasteiger charge is 2.36. The van der Waals surface area contributed by atoms with Crippen LogP contribution >= 0.6 is 0 Å². The van der Waals surface area contributed by atoms with Crippen molar-refractivity contribution < 1.29 is 18.9 Å². The summed E-state index contributed by atoms with van der Waals surface area (Å²) in [6.45, 7) is 3.21.